The molecule has 0 bridgehead atoms. The number of hydrogen-bond donors (Lipinski definition) is 1. The molecule has 1 N–H and O–H groups in total. The predicted octanol–water partition coefficient (Wildman–Crippen LogP) is 5.33. The lowest BCUT2D eigenvalue weighted by Gasteiger charge is -2.16. The lowest BCUT2D eigenvalue weighted by molar-refractivity contribution is 0.575. The topological polar surface area (TPSA) is 12.0 Å². The van der Waals surface area contributed by atoms with Crippen LogP contribution < -0.4 is 5.32 Å². The van der Waals surface area contributed by atoms with Crippen molar-refractivity contribution >= 4 is 23.2 Å². The van der Waals surface area contributed by atoms with E-state index < -0.39 is 0 Å². The van der Waals surface area contributed by atoms with Crippen molar-refractivity contribution in [3.05, 3.63) is 69.0 Å². The number of nitrogens with one attached hydrogen (secondary N) is 1. The van der Waals surface area contributed by atoms with Crippen molar-refractivity contribution in [1.82, 2.24) is 5.32 Å². The Hall–Kier alpha value is -1.09. The fourth-order valence-corrected chi connectivity index (χ4v) is 2.78. The van der Waals surface area contributed by atoms with Crippen LogP contribution in [0.1, 0.15) is 29.7 Å². The fraction of sp³-hybridized carbons (Fsp3) is 0.294. The van der Waals surface area contributed by atoms with Gasteiger partial charge in [-0.25, -0.2) is 4.39 Å². The number of aryl methyl sites for hydroxylation is 1. The second kappa shape index (κ2) is 7.26. The lowest BCUT2D eigenvalue weighted by atomic mass is 10.0. The van der Waals surface area contributed by atoms with E-state index >= 15 is 0 Å². The molecule has 0 saturated heterocycles. The zero-order chi connectivity index (χ0) is 15.4. The molecule has 0 aliphatic carbocycles. The zero-order valence-electron chi connectivity index (χ0n) is 12.1. The maximum Gasteiger partial charge on any atom is 0.123 e. The Labute approximate surface area is 135 Å². The van der Waals surface area contributed by atoms with Gasteiger partial charge >= 0.3 is 0 Å². The van der Waals surface area contributed by atoms with Crippen LogP contribution in [0.25, 0.3) is 0 Å². The first kappa shape index (κ1) is 16.3. The standard InChI is InChI=1S/C17H18Cl2FN/c1-11-9-15(20)5-3-13(11)7-8-21-12(2)16-10-14(18)4-6-17(16)19/h3-6,9-10,12,21H,7-8H2,1-2H3. The van der Waals surface area contributed by atoms with Crippen LogP contribution in [0.5, 0.6) is 0 Å². The second-order valence-corrected chi connectivity index (χ2v) is 6.01. The van der Waals surface area contributed by atoms with E-state index in [4.69, 9.17) is 23.2 Å². The molecule has 0 aliphatic heterocycles. The van der Waals surface area contributed by atoms with Gasteiger partial charge in [-0.2, -0.15) is 0 Å². The maximum atomic E-state index is 13.1. The van der Waals surface area contributed by atoms with Crippen molar-refractivity contribution in [3.63, 3.8) is 0 Å². The molecule has 1 atom stereocenters. The Morgan fingerprint density at radius 3 is 2.62 bits per heavy atom. The first-order valence-corrected chi connectivity index (χ1v) is 7.66. The van der Waals surface area contributed by atoms with Gasteiger partial charge in [0.2, 0.25) is 0 Å². The van der Waals surface area contributed by atoms with E-state index in [2.05, 4.69) is 12.2 Å². The van der Waals surface area contributed by atoms with Gasteiger partial charge in [0.1, 0.15) is 5.82 Å². The van der Waals surface area contributed by atoms with E-state index in [0.29, 0.717) is 10.0 Å². The van der Waals surface area contributed by atoms with Gasteiger partial charge in [0, 0.05) is 16.1 Å². The summed E-state index contributed by atoms with van der Waals surface area (Å²) in [7, 11) is 0. The van der Waals surface area contributed by atoms with Crippen LogP contribution >= 0.6 is 23.2 Å². The summed E-state index contributed by atoms with van der Waals surface area (Å²) in [5.41, 5.74) is 3.11. The van der Waals surface area contributed by atoms with Gasteiger partial charge in [-0.05, 0) is 73.8 Å². The van der Waals surface area contributed by atoms with E-state index in [1.165, 1.54) is 6.07 Å². The third-order valence-electron chi connectivity index (χ3n) is 3.57. The maximum absolute atomic E-state index is 13.1. The highest BCUT2D eigenvalue weighted by Crippen LogP contribution is 2.26. The fourth-order valence-electron chi connectivity index (χ4n) is 2.32. The summed E-state index contributed by atoms with van der Waals surface area (Å²) < 4.78 is 13.1. The van der Waals surface area contributed by atoms with Crippen molar-refractivity contribution in [2.45, 2.75) is 26.3 Å². The van der Waals surface area contributed by atoms with Gasteiger partial charge < -0.3 is 5.32 Å². The number of rotatable bonds is 5. The minimum atomic E-state index is -0.191. The summed E-state index contributed by atoms with van der Waals surface area (Å²) in [6.45, 7) is 4.77. The van der Waals surface area contributed by atoms with E-state index in [0.717, 1.165) is 29.7 Å². The largest absolute Gasteiger partial charge is 0.310 e. The summed E-state index contributed by atoms with van der Waals surface area (Å²) in [5, 5.41) is 4.80. The number of benzene rings is 2. The van der Waals surface area contributed by atoms with Gasteiger partial charge in [0.25, 0.3) is 0 Å². The normalized spacial score (nSPS) is 12.4. The SMILES string of the molecule is Cc1cc(F)ccc1CCNC(C)c1cc(Cl)ccc1Cl. The molecule has 0 saturated carbocycles. The molecule has 4 heteroatoms. The van der Waals surface area contributed by atoms with Crippen LogP contribution in [-0.2, 0) is 6.42 Å². The molecule has 112 valence electrons. The average molecular weight is 326 g/mol. The van der Waals surface area contributed by atoms with Crippen molar-refractivity contribution < 1.29 is 4.39 Å². The molecule has 2 aromatic rings. The summed E-state index contributed by atoms with van der Waals surface area (Å²) in [6.07, 6.45) is 0.842. The Balaban J connectivity index is 1.95. The molecule has 0 aromatic heterocycles. The molecule has 0 heterocycles. The van der Waals surface area contributed by atoms with Crippen LogP contribution in [0, 0.1) is 12.7 Å². The number of halogens is 3. The van der Waals surface area contributed by atoms with Crippen LogP contribution in [-0.4, -0.2) is 6.54 Å². The third kappa shape index (κ3) is 4.44. The van der Waals surface area contributed by atoms with Gasteiger partial charge in [-0.1, -0.05) is 29.3 Å². The molecular weight excluding hydrogens is 308 g/mol. The van der Waals surface area contributed by atoms with Crippen molar-refractivity contribution in [2.75, 3.05) is 6.54 Å². The number of hydrogen-bond acceptors (Lipinski definition) is 1. The molecule has 0 radical (unpaired) electrons. The van der Waals surface area contributed by atoms with Crippen molar-refractivity contribution in [1.29, 1.82) is 0 Å². The van der Waals surface area contributed by atoms with Gasteiger partial charge in [0.15, 0.2) is 0 Å². The molecule has 1 nitrogen and oxygen atoms in total. The Morgan fingerprint density at radius 1 is 1.14 bits per heavy atom. The first-order chi connectivity index (χ1) is 9.97. The van der Waals surface area contributed by atoms with Crippen molar-refractivity contribution in [2.24, 2.45) is 0 Å². The lowest BCUT2D eigenvalue weighted by Crippen LogP contribution is -2.22. The molecule has 0 amide bonds. The van der Waals surface area contributed by atoms with E-state index in [1.807, 2.05) is 25.1 Å². The summed E-state index contributed by atoms with van der Waals surface area (Å²) >= 11 is 12.2. The van der Waals surface area contributed by atoms with E-state index in [1.54, 1.807) is 12.1 Å². The van der Waals surface area contributed by atoms with Crippen LogP contribution in [0.15, 0.2) is 36.4 Å². The predicted molar refractivity (Wildman–Crippen MR) is 87.7 cm³/mol. The Bertz CT molecular complexity index is 628. The average Bonchev–Trinajstić information content (AvgIpc) is 2.43. The minimum absolute atomic E-state index is 0.108. The first-order valence-electron chi connectivity index (χ1n) is 6.90. The van der Waals surface area contributed by atoms with E-state index in [9.17, 15) is 4.39 Å². The Morgan fingerprint density at radius 2 is 1.90 bits per heavy atom. The van der Waals surface area contributed by atoms with Gasteiger partial charge in [-0.15, -0.1) is 0 Å². The van der Waals surface area contributed by atoms with Crippen LogP contribution in [0.3, 0.4) is 0 Å². The van der Waals surface area contributed by atoms with E-state index in [-0.39, 0.29) is 11.9 Å². The third-order valence-corrected chi connectivity index (χ3v) is 4.15. The van der Waals surface area contributed by atoms with Gasteiger partial charge in [0.05, 0.1) is 0 Å². The highest BCUT2D eigenvalue weighted by atomic mass is 35.5. The van der Waals surface area contributed by atoms with Crippen LogP contribution in [0.4, 0.5) is 4.39 Å². The Kier molecular flexibility index (Phi) is 5.63. The molecular formula is C17H18Cl2FN. The quantitative estimate of drug-likeness (QED) is 0.782. The summed E-state index contributed by atoms with van der Waals surface area (Å²) in [4.78, 5) is 0. The molecule has 1 unspecified atom stereocenters. The molecule has 0 spiro atoms. The molecule has 2 rings (SSSR count). The molecule has 2 aromatic carbocycles. The van der Waals surface area contributed by atoms with Crippen LogP contribution in [0.2, 0.25) is 10.0 Å². The smallest absolute Gasteiger partial charge is 0.123 e. The molecule has 0 aliphatic rings. The zero-order valence-corrected chi connectivity index (χ0v) is 13.6. The highest BCUT2D eigenvalue weighted by Gasteiger charge is 2.10. The molecule has 0 fully saturated rings. The van der Waals surface area contributed by atoms with Crippen molar-refractivity contribution in [3.8, 4) is 0 Å². The monoisotopic (exact) mass is 325 g/mol. The second-order valence-electron chi connectivity index (χ2n) is 5.16. The van der Waals surface area contributed by atoms with Gasteiger partial charge in [-0.3, -0.25) is 0 Å². The minimum Gasteiger partial charge on any atom is -0.310 e. The summed E-state index contributed by atoms with van der Waals surface area (Å²) in [5.74, 6) is -0.191. The summed E-state index contributed by atoms with van der Waals surface area (Å²) in [6, 6.07) is 10.5. The highest BCUT2D eigenvalue weighted by molar-refractivity contribution is 6.33. The molecule has 21 heavy (non-hydrogen) atoms.